The number of piperidine rings is 1. The van der Waals surface area contributed by atoms with Gasteiger partial charge in [0.1, 0.15) is 80.8 Å². The van der Waals surface area contributed by atoms with Gasteiger partial charge in [-0.1, -0.05) is 40.2 Å². The molecule has 2 unspecified atom stereocenters. The number of nitrogens with zero attached hydrogens (tertiary/aromatic N) is 21. The summed E-state index contributed by atoms with van der Waals surface area (Å²) >= 11 is 17.5. The van der Waals surface area contributed by atoms with E-state index in [0.717, 1.165) is 147 Å². The lowest BCUT2D eigenvalue weighted by molar-refractivity contribution is -0.885. The van der Waals surface area contributed by atoms with Crippen LogP contribution in [0.5, 0.6) is 0 Å². The Balaban J connectivity index is 0.000000141. The summed E-state index contributed by atoms with van der Waals surface area (Å²) in [6.45, 7) is 16.4. The van der Waals surface area contributed by atoms with E-state index >= 15 is 0 Å². The quantitative estimate of drug-likeness (QED) is 0.0167. The summed E-state index contributed by atoms with van der Waals surface area (Å²) in [6.07, 6.45) is 33.7. The highest BCUT2D eigenvalue weighted by Crippen LogP contribution is 2.40. The van der Waals surface area contributed by atoms with Gasteiger partial charge < -0.3 is 73.0 Å². The maximum Gasteiger partial charge on any atom is 0.227 e. The maximum absolute atomic E-state index is 9.80. The Hall–Kier alpha value is -11.6. The molecule has 2 aliphatic rings. The van der Waals surface area contributed by atoms with Crippen molar-refractivity contribution in [2.24, 2.45) is 17.8 Å². The third-order valence-electron chi connectivity index (χ3n) is 22.4. The van der Waals surface area contributed by atoms with Gasteiger partial charge in [0.2, 0.25) is 49.6 Å². The van der Waals surface area contributed by atoms with Crippen LogP contribution < -0.4 is 85.7 Å². The first-order chi connectivity index (χ1) is 64.4. The van der Waals surface area contributed by atoms with Crippen molar-refractivity contribution in [3.05, 3.63) is 240 Å². The number of aliphatic hydroxyl groups is 5. The van der Waals surface area contributed by atoms with Crippen molar-refractivity contribution in [3.8, 4) is 0 Å². The molecule has 1 saturated heterocycles. The van der Waals surface area contributed by atoms with E-state index in [-0.39, 0.29) is 74.8 Å². The van der Waals surface area contributed by atoms with Gasteiger partial charge in [0.05, 0.1) is 109 Å². The van der Waals surface area contributed by atoms with Gasteiger partial charge in [0.15, 0.2) is 28.2 Å². The van der Waals surface area contributed by atoms with E-state index in [9.17, 15) is 25.5 Å². The van der Waals surface area contributed by atoms with Crippen molar-refractivity contribution in [1.29, 1.82) is 0 Å². The molecule has 0 radical (unpaired) electrons. The van der Waals surface area contributed by atoms with Crippen LogP contribution in [-0.2, 0) is 32.7 Å². The summed E-state index contributed by atoms with van der Waals surface area (Å²) in [6, 6.07) is 29.4. The number of nitrogens with one attached hydrogen (secondary N) is 8. The van der Waals surface area contributed by atoms with Gasteiger partial charge >= 0.3 is 0 Å². The fourth-order valence-electron chi connectivity index (χ4n) is 15.0. The molecule has 704 valence electrons. The minimum Gasteiger partial charge on any atom is -0.396 e. The summed E-state index contributed by atoms with van der Waals surface area (Å²) < 4.78 is 19.5. The van der Waals surface area contributed by atoms with E-state index in [1.165, 1.54) is 0 Å². The van der Waals surface area contributed by atoms with Gasteiger partial charge in [0.25, 0.3) is 0 Å². The van der Waals surface area contributed by atoms with Crippen molar-refractivity contribution < 1.29 is 63.8 Å². The van der Waals surface area contributed by atoms with Crippen molar-refractivity contribution in [2.45, 2.75) is 142 Å². The Morgan fingerprint density at radius 1 is 0.429 bits per heavy atom. The Kier molecular flexibility index (Phi) is 35.2. The van der Waals surface area contributed by atoms with Gasteiger partial charge in [-0.25, -0.2) is 24.9 Å². The zero-order chi connectivity index (χ0) is 94.2. The number of pyridine rings is 5. The maximum atomic E-state index is 9.80. The molecule has 0 spiro atoms. The molecule has 17 rings (SSSR count). The molecule has 5 atom stereocenters. The standard InChI is InChI=1S/C19H24BrN6O2.C19H23BrN5O2.2C18H24BrN6O2.C16H19BrN6O/c1-28-24-7-4-5-14(12-24)10-21-17-9-18(23-19-16(20)11-22-26(17)19)25-8-3-2-6-15(25)13-27;1-27-24-7-3-4-13(11-24)9-21-18-8-17(15-6-2-5-14(15)12-26)23-19-16(20)10-22-25(18)19;2*1-12(2)15(11-26)22-16-7-17(25-18(23-16)14(19)9-21-25)20-8-13-5-4-6-24(10-13)27-3;1-16(2,10-24)22-13-6-14(19-8-11-4-3-5-18-7-11)23-15(21-13)12(17)9-20-23/h4-5,7,9,11-12,15,21,27H,2-3,6,8,10,13H2,1H3;3-4,7-8,10-11,14-15,21,26H,2,5-6,9,12H2,1H3;2*4-7,9-10,12,15,20,26H,8,11H2,1-3H3,(H,22,23);3-7,9,19,24H,8,10H2,1-2H3,(H,21,22)/q4*+1;/t;14-,15?;2*15-;/m.010./s1. The lowest BCUT2D eigenvalue weighted by Crippen LogP contribution is -2.42. The molecular weight excluding hydrogens is 2030 g/mol. The third kappa shape index (κ3) is 25.9. The topological polar surface area (TPSA) is 417 Å². The number of aromatic nitrogens is 20. The molecule has 0 bridgehead atoms. The molecule has 1 aliphatic heterocycles. The van der Waals surface area contributed by atoms with Gasteiger partial charge in [-0.2, -0.15) is 48.1 Å². The van der Waals surface area contributed by atoms with Crippen molar-refractivity contribution in [1.82, 2.24) is 78.0 Å². The van der Waals surface area contributed by atoms with Crippen LogP contribution in [0.1, 0.15) is 119 Å². The number of fused-ring (bicyclic) bond motifs is 5. The molecule has 0 amide bonds. The van der Waals surface area contributed by atoms with Crippen LogP contribution in [-0.4, -0.2) is 195 Å². The Labute approximate surface area is 811 Å². The molecule has 0 aromatic carbocycles. The molecule has 15 aromatic rings. The van der Waals surface area contributed by atoms with Crippen molar-refractivity contribution in [3.63, 3.8) is 0 Å². The zero-order valence-corrected chi connectivity index (χ0v) is 83.5. The first-order valence-corrected chi connectivity index (χ1v) is 47.5. The summed E-state index contributed by atoms with van der Waals surface area (Å²) in [4.78, 5) is 50.6. The number of rotatable bonds is 34. The summed E-state index contributed by atoms with van der Waals surface area (Å²) in [5.41, 5.74) is 9.52. The van der Waals surface area contributed by atoms with E-state index in [2.05, 4.69) is 206 Å². The number of anilines is 9. The number of halogens is 5. The normalized spacial score (nSPS) is 14.7. The van der Waals surface area contributed by atoms with Crippen LogP contribution in [0.25, 0.3) is 28.2 Å². The molecule has 43 heteroatoms. The Morgan fingerprint density at radius 2 is 0.805 bits per heavy atom. The summed E-state index contributed by atoms with van der Waals surface area (Å²) in [5, 5.41) is 97.1. The van der Waals surface area contributed by atoms with Crippen LogP contribution in [0.15, 0.2) is 206 Å². The molecule has 13 N–H and O–H groups in total. The molecule has 15 aromatic heterocycles. The molecule has 133 heavy (non-hydrogen) atoms. The fraction of sp³-hybridized carbons (Fsp3) is 0.389. The molecule has 38 nitrogen and oxygen atoms in total. The molecular formula is C90H114Br5N29O9+4. The second-order valence-corrected chi connectivity index (χ2v) is 37.2. The minimum atomic E-state index is -0.474. The first-order valence-electron chi connectivity index (χ1n) is 43.5. The lowest BCUT2D eigenvalue weighted by atomic mass is 9.93. The van der Waals surface area contributed by atoms with Crippen LogP contribution in [0.3, 0.4) is 0 Å². The van der Waals surface area contributed by atoms with Crippen LogP contribution in [0, 0.1) is 17.8 Å². The van der Waals surface area contributed by atoms with Crippen LogP contribution in [0.4, 0.5) is 52.4 Å². The number of hydrogen-bond acceptors (Lipinski definition) is 29. The van der Waals surface area contributed by atoms with E-state index in [0.29, 0.717) is 67.1 Å². The molecule has 16 heterocycles. The highest BCUT2D eigenvalue weighted by molar-refractivity contribution is 9.11. The highest BCUT2D eigenvalue weighted by atomic mass is 79.9. The largest absolute Gasteiger partial charge is 0.396 e. The van der Waals surface area contributed by atoms with E-state index in [1.807, 2.05) is 159 Å². The van der Waals surface area contributed by atoms with Gasteiger partial charge in [-0.3, -0.25) is 24.3 Å². The lowest BCUT2D eigenvalue weighted by Gasteiger charge is -2.35. The fourth-order valence-corrected chi connectivity index (χ4v) is 16.7. The number of hydrogen-bond donors (Lipinski definition) is 13. The predicted molar refractivity (Wildman–Crippen MR) is 524 cm³/mol. The second-order valence-electron chi connectivity index (χ2n) is 33.0. The SMILES string of the molecule is CC(C)(CO)Nc1cc(NCc2cccnc2)n2ncc(Br)c2n1.CO[n+]1cccc(CNc2cc(C3CCC[C@H]3CO)nc3c(Br)cnn23)c1.CO[n+]1cccc(CNc2cc(N3CCCCC3CO)nc3c(Br)cnn23)c1.CO[n+]1cccc(CNc2cc(N[C@@H](CO)C(C)C)nc3c(Br)cnn23)c1.CO[n+]1cccc(CNc2cc(N[C@H](CO)C(C)C)nc3c(Br)cnn23)c1. The molecule has 2 fully saturated rings. The summed E-state index contributed by atoms with van der Waals surface area (Å²) in [5.74, 6) is 8.10. The second kappa shape index (κ2) is 47.4. The van der Waals surface area contributed by atoms with E-state index < -0.39 is 5.54 Å². The van der Waals surface area contributed by atoms with E-state index in [1.54, 1.807) is 103 Å². The predicted octanol–water partition coefficient (Wildman–Crippen LogP) is 10.6. The highest BCUT2D eigenvalue weighted by Gasteiger charge is 2.32. The first kappa shape index (κ1) is 98.9. The van der Waals surface area contributed by atoms with E-state index in [4.69, 9.17) is 29.3 Å². The van der Waals surface area contributed by atoms with Crippen molar-refractivity contribution in [2.75, 3.05) is 115 Å². The van der Waals surface area contributed by atoms with Gasteiger partial charge in [-0.15, -0.1) is 0 Å². The monoisotopic (exact) mass is 2140 g/mol. The smallest absolute Gasteiger partial charge is 0.227 e. The van der Waals surface area contributed by atoms with Gasteiger partial charge in [-0.05, 0) is 179 Å². The van der Waals surface area contributed by atoms with Crippen molar-refractivity contribution >= 4 is 160 Å². The van der Waals surface area contributed by atoms with Crippen LogP contribution >= 0.6 is 79.6 Å². The Bertz CT molecular complexity index is 6160. The molecule has 1 saturated carbocycles. The number of aliphatic hydroxyl groups excluding tert-OH is 5. The average Bonchev–Trinajstić information content (AvgIpc) is 1.33. The molecule has 1 aliphatic carbocycles. The van der Waals surface area contributed by atoms with Crippen LogP contribution in [0.2, 0.25) is 0 Å². The van der Waals surface area contributed by atoms with Gasteiger partial charge in [0, 0.05) is 160 Å². The Morgan fingerprint density at radius 3 is 1.18 bits per heavy atom. The third-order valence-corrected chi connectivity index (χ3v) is 25.2. The summed E-state index contributed by atoms with van der Waals surface area (Å²) in [7, 11) is 6.51. The zero-order valence-electron chi connectivity index (χ0n) is 75.5. The minimum absolute atomic E-state index is 0.00125. The average molecular weight is 2150 g/mol.